The Labute approximate surface area is 263 Å². The fourth-order valence-corrected chi connectivity index (χ4v) is 7.53. The minimum Gasteiger partial charge on any atom is -0.379 e. The molecular weight excluding hydrogens is 585 g/mol. The fourth-order valence-electron chi connectivity index (χ4n) is 6.94. The second kappa shape index (κ2) is 13.4. The molecule has 1 aromatic carbocycles. The Bertz CT molecular complexity index is 1440. The van der Waals surface area contributed by atoms with Gasteiger partial charge in [-0.05, 0) is 60.8 Å². The number of carbonyl (C=O) groups is 2. The van der Waals surface area contributed by atoms with E-state index in [-0.39, 0.29) is 40.9 Å². The van der Waals surface area contributed by atoms with Crippen molar-refractivity contribution in [2.45, 2.75) is 88.8 Å². The van der Waals surface area contributed by atoms with Gasteiger partial charge in [0.2, 0.25) is 5.78 Å². The number of rotatable bonds is 9. The molecule has 6 atom stereocenters. The summed E-state index contributed by atoms with van der Waals surface area (Å²) in [4.78, 5) is 32.4. The van der Waals surface area contributed by atoms with Crippen molar-refractivity contribution in [2.75, 3.05) is 7.11 Å². The number of ketones is 1. The van der Waals surface area contributed by atoms with E-state index < -0.39 is 5.54 Å². The van der Waals surface area contributed by atoms with Crippen LogP contribution in [0.5, 0.6) is 0 Å². The van der Waals surface area contributed by atoms with Gasteiger partial charge in [0.25, 0.3) is 5.91 Å². The highest BCUT2D eigenvalue weighted by atomic mass is 35.5. The summed E-state index contributed by atoms with van der Waals surface area (Å²) in [7, 11) is 1.75. The van der Waals surface area contributed by atoms with E-state index >= 15 is 0 Å². The predicted octanol–water partition coefficient (Wildman–Crippen LogP) is 6.77. The number of nitrogens with one attached hydrogen (secondary N) is 3. The van der Waals surface area contributed by atoms with E-state index in [2.05, 4.69) is 34.6 Å². The summed E-state index contributed by atoms with van der Waals surface area (Å²) >= 11 is 13.1. The van der Waals surface area contributed by atoms with Crippen LogP contribution >= 0.6 is 23.2 Å². The third-order valence-corrected chi connectivity index (χ3v) is 10.2. The number of hydrogen-bond acceptors (Lipinski definition) is 5. The number of methoxy groups -OCH3 is 1. The van der Waals surface area contributed by atoms with Crippen LogP contribution in [-0.4, -0.2) is 56.9 Å². The first-order valence-electron chi connectivity index (χ1n) is 15.3. The van der Waals surface area contributed by atoms with Crippen LogP contribution in [0.4, 0.5) is 0 Å². The van der Waals surface area contributed by atoms with Gasteiger partial charge in [0.05, 0.1) is 23.6 Å². The third-order valence-electron chi connectivity index (χ3n) is 9.45. The van der Waals surface area contributed by atoms with Crippen molar-refractivity contribution >= 4 is 40.6 Å². The molecule has 0 bridgehead atoms. The Morgan fingerprint density at radius 3 is 2.60 bits per heavy atom. The smallest absolute Gasteiger partial charge is 0.251 e. The Hall–Kier alpha value is -2.94. The van der Waals surface area contributed by atoms with Gasteiger partial charge in [-0.25, -0.2) is 5.21 Å². The maximum atomic E-state index is 14.2. The molecule has 1 saturated carbocycles. The molecule has 230 valence electrons. The molecule has 2 heterocycles. The van der Waals surface area contributed by atoms with Crippen molar-refractivity contribution in [3.8, 4) is 0 Å². The number of H-pyrrole nitrogens is 2. The number of aromatic amines is 2. The number of amides is 1. The zero-order valence-electron chi connectivity index (χ0n) is 25.3. The zero-order chi connectivity index (χ0) is 30.7. The third kappa shape index (κ3) is 6.33. The van der Waals surface area contributed by atoms with Gasteiger partial charge in [0.15, 0.2) is 5.82 Å². The molecule has 3 N–H and O–H groups in total. The molecule has 5 rings (SSSR count). The number of nitrogens with zero attached hydrogens (tertiary/aromatic N) is 2. The SMILES string of the molecule is CCCC(C1=CC(=O)C(C2=CC(Cl)=CC(Cl)C2C)=NC2(CCCCC2OC)C1C)c1ccc(C(=O)NCc2n[nH][nH]2)cc1. The van der Waals surface area contributed by atoms with Gasteiger partial charge in [-0.2, -0.15) is 0 Å². The van der Waals surface area contributed by atoms with Crippen molar-refractivity contribution < 1.29 is 14.3 Å². The normalized spacial score (nSPS) is 28.5. The van der Waals surface area contributed by atoms with Gasteiger partial charge in [0.1, 0.15) is 5.71 Å². The molecule has 1 aromatic heterocycles. The van der Waals surface area contributed by atoms with Crippen molar-refractivity contribution in [3.63, 3.8) is 0 Å². The van der Waals surface area contributed by atoms with Crippen LogP contribution in [0.2, 0.25) is 0 Å². The Morgan fingerprint density at radius 2 is 1.95 bits per heavy atom. The number of carbonyl (C=O) groups excluding carboxylic acids is 2. The first-order chi connectivity index (χ1) is 20.7. The molecule has 0 saturated heterocycles. The van der Waals surface area contributed by atoms with Gasteiger partial charge in [0, 0.05) is 35.5 Å². The summed E-state index contributed by atoms with van der Waals surface area (Å²) in [6.45, 7) is 6.70. The van der Waals surface area contributed by atoms with Crippen LogP contribution in [0.1, 0.15) is 87.0 Å². The number of allylic oxidation sites excluding steroid dienone is 5. The topological polar surface area (TPSA) is 112 Å². The monoisotopic (exact) mass is 625 g/mol. The fraction of sp³-hybridized carbons (Fsp3) is 0.515. The molecule has 6 unspecified atom stereocenters. The van der Waals surface area contributed by atoms with Crippen LogP contribution in [0.25, 0.3) is 0 Å². The van der Waals surface area contributed by atoms with E-state index in [4.69, 9.17) is 32.9 Å². The van der Waals surface area contributed by atoms with Crippen molar-refractivity contribution in [2.24, 2.45) is 16.8 Å². The van der Waals surface area contributed by atoms with Crippen molar-refractivity contribution in [1.82, 2.24) is 20.7 Å². The number of aliphatic imine (C=N–C) groups is 1. The number of halogens is 2. The molecule has 1 amide bonds. The lowest BCUT2D eigenvalue weighted by Crippen LogP contribution is -2.51. The molecule has 3 aliphatic rings. The maximum Gasteiger partial charge on any atom is 0.251 e. The van der Waals surface area contributed by atoms with E-state index in [0.29, 0.717) is 28.7 Å². The summed E-state index contributed by atoms with van der Waals surface area (Å²) in [5, 5.41) is 12.4. The van der Waals surface area contributed by atoms with Crippen molar-refractivity contribution in [3.05, 3.63) is 75.6 Å². The van der Waals surface area contributed by atoms with E-state index in [1.807, 2.05) is 49.4 Å². The van der Waals surface area contributed by atoms with E-state index in [1.54, 1.807) is 7.11 Å². The first kappa shape index (κ1) is 31.5. The molecule has 0 radical (unpaired) electrons. The second-order valence-corrected chi connectivity index (χ2v) is 12.9. The lowest BCUT2D eigenvalue weighted by Gasteiger charge is -2.46. The molecular formula is C33H41Cl2N5O3. The average molecular weight is 627 g/mol. The summed E-state index contributed by atoms with van der Waals surface area (Å²) in [6, 6.07) is 7.73. The zero-order valence-corrected chi connectivity index (χ0v) is 26.8. The standard InChI is InChI=1S/C33H41Cl2N5O3/c1-5-8-24(21-10-12-22(13-11-21)32(42)36-18-30-38-40-39-30)26-17-28(41)31(25-15-23(34)16-27(35)19(25)2)37-33(20(26)3)14-7-6-9-29(33)43-4/h10-13,15-17,19-20,24,27,29,40H,5-9,14,18H2,1-4H3,(H,36,42)(H,38,39). The van der Waals surface area contributed by atoms with E-state index in [1.165, 1.54) is 0 Å². The highest BCUT2D eigenvalue weighted by molar-refractivity contribution is 6.51. The summed E-state index contributed by atoms with van der Waals surface area (Å²) in [5.74, 6) is 0.195. The lowest BCUT2D eigenvalue weighted by molar-refractivity contribution is -0.108. The predicted molar refractivity (Wildman–Crippen MR) is 171 cm³/mol. The Balaban J connectivity index is 1.55. The number of aromatic nitrogens is 3. The van der Waals surface area contributed by atoms with Gasteiger partial charge in [-0.1, -0.05) is 69.3 Å². The number of alkyl halides is 1. The minimum atomic E-state index is -0.602. The molecule has 1 aliphatic heterocycles. The molecule has 1 fully saturated rings. The molecule has 43 heavy (non-hydrogen) atoms. The minimum absolute atomic E-state index is 0.0199. The van der Waals surface area contributed by atoms with Crippen LogP contribution in [0, 0.1) is 11.8 Å². The molecule has 1 spiro atoms. The summed E-state index contributed by atoms with van der Waals surface area (Å²) < 4.78 is 6.15. The van der Waals surface area contributed by atoms with E-state index in [9.17, 15) is 9.59 Å². The van der Waals surface area contributed by atoms with Gasteiger partial charge >= 0.3 is 0 Å². The molecule has 10 heteroatoms. The van der Waals surface area contributed by atoms with E-state index in [0.717, 1.165) is 55.2 Å². The number of ether oxygens (including phenoxy) is 1. The lowest BCUT2D eigenvalue weighted by atomic mass is 9.66. The number of benzene rings is 1. The van der Waals surface area contributed by atoms with Crippen LogP contribution < -0.4 is 5.32 Å². The average Bonchev–Trinajstić information content (AvgIpc) is 3.08. The summed E-state index contributed by atoms with van der Waals surface area (Å²) in [6.07, 6.45) is 10.9. The quantitative estimate of drug-likeness (QED) is 0.267. The second-order valence-electron chi connectivity index (χ2n) is 12.0. The van der Waals surface area contributed by atoms with Crippen LogP contribution in [0.15, 0.2) is 63.7 Å². The molecule has 2 aromatic rings. The Morgan fingerprint density at radius 1 is 1.21 bits per heavy atom. The van der Waals surface area contributed by atoms with Gasteiger partial charge in [-0.15, -0.1) is 16.7 Å². The Kier molecular flexibility index (Phi) is 9.79. The highest BCUT2D eigenvalue weighted by Gasteiger charge is 2.50. The van der Waals surface area contributed by atoms with Gasteiger partial charge < -0.3 is 10.1 Å². The maximum absolute atomic E-state index is 14.2. The summed E-state index contributed by atoms with van der Waals surface area (Å²) in [5.41, 5.74) is 3.32. The molecule has 8 nitrogen and oxygen atoms in total. The highest BCUT2D eigenvalue weighted by Crippen LogP contribution is 2.49. The van der Waals surface area contributed by atoms with Gasteiger partial charge in [-0.3, -0.25) is 19.7 Å². The van der Waals surface area contributed by atoms with Crippen LogP contribution in [-0.2, 0) is 16.1 Å². The first-order valence-corrected chi connectivity index (χ1v) is 16.1. The largest absolute Gasteiger partial charge is 0.379 e. The van der Waals surface area contributed by atoms with Crippen molar-refractivity contribution in [1.29, 1.82) is 0 Å². The van der Waals surface area contributed by atoms with Crippen LogP contribution in [0.3, 0.4) is 0 Å². The molecule has 2 aliphatic carbocycles. The number of hydrogen-bond donors (Lipinski definition) is 3.